The zero-order valence-corrected chi connectivity index (χ0v) is 8.70. The second kappa shape index (κ2) is 6.46. The van der Waals surface area contributed by atoms with Crippen LogP contribution in [0.3, 0.4) is 0 Å². The van der Waals surface area contributed by atoms with Crippen LogP contribution in [0.5, 0.6) is 0 Å². The molecule has 2 nitrogen and oxygen atoms in total. The Balaban J connectivity index is 3.58. The zero-order chi connectivity index (χ0) is 9.45. The molecule has 0 aliphatic rings. The minimum atomic E-state index is -2.76. The van der Waals surface area contributed by atoms with Gasteiger partial charge in [0.2, 0.25) is 0 Å². The van der Waals surface area contributed by atoms with Gasteiger partial charge in [-0.1, -0.05) is 33.1 Å². The molecule has 0 atom stereocenters. The van der Waals surface area contributed by atoms with E-state index in [1.54, 1.807) is 0 Å². The van der Waals surface area contributed by atoms with Crippen LogP contribution in [0.15, 0.2) is 0 Å². The summed E-state index contributed by atoms with van der Waals surface area (Å²) in [6.07, 6.45) is 4.33. The molecule has 0 N–H and O–H groups in total. The predicted molar refractivity (Wildman–Crippen MR) is 52.8 cm³/mol. The topological polar surface area (TPSA) is 34.1 Å². The van der Waals surface area contributed by atoms with E-state index in [9.17, 15) is 8.42 Å². The molecule has 0 aromatic carbocycles. The third-order valence-electron chi connectivity index (χ3n) is 1.76. The van der Waals surface area contributed by atoms with Gasteiger partial charge in [0, 0.05) is 0 Å². The molecular formula is C9H19O2S. The number of hydrogen-bond acceptors (Lipinski definition) is 2. The standard InChI is InChI=1S/C9H19O2S/c1-3-5-7-9-12(10,11)8-6-4-2/h2-9H2,1H3. The quantitative estimate of drug-likeness (QED) is 0.578. The van der Waals surface area contributed by atoms with Crippen LogP contribution in [0, 0.1) is 6.92 Å². The largest absolute Gasteiger partial charge is 0.229 e. The van der Waals surface area contributed by atoms with E-state index in [1.165, 1.54) is 0 Å². The number of hydrogen-bond donors (Lipinski definition) is 0. The molecule has 0 fully saturated rings. The molecule has 0 spiro atoms. The summed E-state index contributed by atoms with van der Waals surface area (Å²) in [5.74, 6) is 0.682. The highest BCUT2D eigenvalue weighted by atomic mass is 32.2. The third kappa shape index (κ3) is 6.65. The summed E-state index contributed by atoms with van der Waals surface area (Å²) in [5.41, 5.74) is 0. The molecule has 0 aromatic rings. The fraction of sp³-hybridized carbons (Fsp3) is 0.889. The first-order valence-electron chi connectivity index (χ1n) is 4.62. The van der Waals surface area contributed by atoms with Crippen LogP contribution < -0.4 is 0 Å². The molecule has 12 heavy (non-hydrogen) atoms. The van der Waals surface area contributed by atoms with E-state index in [4.69, 9.17) is 0 Å². The minimum Gasteiger partial charge on any atom is -0.229 e. The molecule has 0 heterocycles. The highest BCUT2D eigenvalue weighted by Gasteiger charge is 2.08. The molecule has 0 saturated carbocycles. The Hall–Kier alpha value is -0.0500. The Morgan fingerprint density at radius 1 is 1.08 bits per heavy atom. The first kappa shape index (κ1) is 11.9. The molecule has 0 aliphatic heterocycles. The molecule has 0 rings (SSSR count). The molecule has 0 aliphatic carbocycles. The lowest BCUT2D eigenvalue weighted by atomic mass is 10.3. The molecule has 0 amide bonds. The maximum atomic E-state index is 11.2. The Morgan fingerprint density at radius 2 is 1.67 bits per heavy atom. The van der Waals surface area contributed by atoms with Gasteiger partial charge < -0.3 is 0 Å². The fourth-order valence-corrected chi connectivity index (χ4v) is 2.49. The number of sulfone groups is 1. The Kier molecular flexibility index (Phi) is 6.44. The molecule has 3 heteroatoms. The van der Waals surface area contributed by atoms with E-state index in [0.29, 0.717) is 24.3 Å². The summed E-state index contributed by atoms with van der Waals surface area (Å²) in [6, 6.07) is 0. The first-order valence-corrected chi connectivity index (χ1v) is 6.44. The SMILES string of the molecule is [CH2]CCCS(=O)(=O)CCCCC. The Morgan fingerprint density at radius 3 is 2.17 bits per heavy atom. The molecule has 0 bridgehead atoms. The third-order valence-corrected chi connectivity index (χ3v) is 3.59. The Bertz CT molecular complexity index is 183. The van der Waals surface area contributed by atoms with Gasteiger partial charge in [0.15, 0.2) is 0 Å². The summed E-state index contributed by atoms with van der Waals surface area (Å²) in [5, 5.41) is 0. The van der Waals surface area contributed by atoms with Crippen molar-refractivity contribution in [3.63, 3.8) is 0 Å². The zero-order valence-electron chi connectivity index (χ0n) is 7.88. The number of rotatable bonds is 7. The molecule has 0 aromatic heterocycles. The molecule has 1 radical (unpaired) electrons. The molecule has 0 saturated heterocycles. The lowest BCUT2D eigenvalue weighted by Gasteiger charge is -2.01. The van der Waals surface area contributed by atoms with Crippen molar-refractivity contribution in [3.05, 3.63) is 6.92 Å². The summed E-state index contributed by atoms with van der Waals surface area (Å²) in [6.45, 7) is 5.69. The van der Waals surface area contributed by atoms with Crippen LogP contribution >= 0.6 is 0 Å². The van der Waals surface area contributed by atoms with Crippen molar-refractivity contribution in [1.29, 1.82) is 0 Å². The summed E-state index contributed by atoms with van der Waals surface area (Å²) in [4.78, 5) is 0. The minimum absolute atomic E-state index is 0.320. The van der Waals surface area contributed by atoms with Gasteiger partial charge in [0.25, 0.3) is 0 Å². The van der Waals surface area contributed by atoms with Gasteiger partial charge in [0.1, 0.15) is 9.84 Å². The first-order chi connectivity index (χ1) is 5.62. The predicted octanol–water partition coefficient (Wildman–Crippen LogP) is 2.21. The van der Waals surface area contributed by atoms with E-state index in [-0.39, 0.29) is 0 Å². The van der Waals surface area contributed by atoms with Crippen LogP contribution in [0.4, 0.5) is 0 Å². The van der Waals surface area contributed by atoms with Gasteiger partial charge in [-0.15, -0.1) is 0 Å². The van der Waals surface area contributed by atoms with E-state index in [1.807, 2.05) is 0 Å². The van der Waals surface area contributed by atoms with Crippen LogP contribution in [0.1, 0.15) is 39.0 Å². The lowest BCUT2D eigenvalue weighted by molar-refractivity contribution is 0.588. The van der Waals surface area contributed by atoms with E-state index >= 15 is 0 Å². The van der Waals surface area contributed by atoms with Gasteiger partial charge in [-0.05, 0) is 12.8 Å². The van der Waals surface area contributed by atoms with Crippen molar-refractivity contribution in [2.45, 2.75) is 39.0 Å². The monoisotopic (exact) mass is 191 g/mol. The summed E-state index contributed by atoms with van der Waals surface area (Å²) >= 11 is 0. The van der Waals surface area contributed by atoms with Gasteiger partial charge in [0.05, 0.1) is 11.5 Å². The highest BCUT2D eigenvalue weighted by molar-refractivity contribution is 7.91. The summed E-state index contributed by atoms with van der Waals surface area (Å²) in [7, 11) is -2.76. The van der Waals surface area contributed by atoms with Crippen molar-refractivity contribution in [3.8, 4) is 0 Å². The van der Waals surface area contributed by atoms with Crippen LogP contribution in [0.25, 0.3) is 0 Å². The average molecular weight is 191 g/mol. The van der Waals surface area contributed by atoms with E-state index in [2.05, 4.69) is 13.8 Å². The van der Waals surface area contributed by atoms with Crippen LogP contribution in [0.2, 0.25) is 0 Å². The number of unbranched alkanes of at least 4 members (excludes halogenated alkanes) is 3. The second-order valence-corrected chi connectivity index (χ2v) is 5.37. The van der Waals surface area contributed by atoms with Crippen molar-refractivity contribution >= 4 is 9.84 Å². The highest BCUT2D eigenvalue weighted by Crippen LogP contribution is 2.02. The average Bonchev–Trinajstić information content (AvgIpc) is 2.01. The lowest BCUT2D eigenvalue weighted by Crippen LogP contribution is -2.10. The van der Waals surface area contributed by atoms with Gasteiger partial charge >= 0.3 is 0 Å². The van der Waals surface area contributed by atoms with Crippen molar-refractivity contribution in [1.82, 2.24) is 0 Å². The summed E-state index contributed by atoms with van der Waals surface area (Å²) < 4.78 is 22.5. The van der Waals surface area contributed by atoms with Crippen molar-refractivity contribution < 1.29 is 8.42 Å². The van der Waals surface area contributed by atoms with Crippen LogP contribution in [-0.4, -0.2) is 19.9 Å². The van der Waals surface area contributed by atoms with Gasteiger partial charge in [-0.2, -0.15) is 0 Å². The van der Waals surface area contributed by atoms with Crippen LogP contribution in [-0.2, 0) is 9.84 Å². The molecular weight excluding hydrogens is 172 g/mol. The molecule has 73 valence electrons. The normalized spacial score (nSPS) is 11.8. The Labute approximate surface area is 76.3 Å². The fourth-order valence-electron chi connectivity index (χ4n) is 0.996. The van der Waals surface area contributed by atoms with Crippen molar-refractivity contribution in [2.75, 3.05) is 11.5 Å². The van der Waals surface area contributed by atoms with E-state index in [0.717, 1.165) is 19.3 Å². The van der Waals surface area contributed by atoms with E-state index < -0.39 is 9.84 Å². The molecule has 0 unspecified atom stereocenters. The van der Waals surface area contributed by atoms with Gasteiger partial charge in [-0.3, -0.25) is 0 Å². The van der Waals surface area contributed by atoms with Gasteiger partial charge in [-0.25, -0.2) is 8.42 Å². The maximum Gasteiger partial charge on any atom is 0.150 e. The smallest absolute Gasteiger partial charge is 0.150 e. The maximum absolute atomic E-state index is 11.2. The second-order valence-electron chi connectivity index (χ2n) is 3.07. The van der Waals surface area contributed by atoms with Crippen molar-refractivity contribution in [2.24, 2.45) is 0 Å².